The third kappa shape index (κ3) is 4.30. The number of rotatable bonds is 4. The minimum atomic E-state index is -3.88. The van der Waals surface area contributed by atoms with E-state index in [0.29, 0.717) is 0 Å². The SMILES string of the molecule is N#Cc1cccc(S(=O)(=O)CCS(=O)(=O)Cl)n1. The predicted molar refractivity (Wildman–Crippen MR) is 60.6 cm³/mol. The van der Waals surface area contributed by atoms with Gasteiger partial charge >= 0.3 is 0 Å². The molecule has 0 atom stereocenters. The van der Waals surface area contributed by atoms with Crippen molar-refractivity contribution in [2.75, 3.05) is 11.5 Å². The summed E-state index contributed by atoms with van der Waals surface area (Å²) in [5.41, 5.74) is -0.0557. The van der Waals surface area contributed by atoms with E-state index in [4.69, 9.17) is 15.9 Å². The normalized spacial score (nSPS) is 12.0. The summed E-state index contributed by atoms with van der Waals surface area (Å²) in [5.74, 6) is -1.37. The summed E-state index contributed by atoms with van der Waals surface area (Å²) in [6, 6.07) is 5.58. The van der Waals surface area contributed by atoms with Crippen LogP contribution in [0.5, 0.6) is 0 Å². The quantitative estimate of drug-likeness (QED) is 0.739. The Kier molecular flexibility index (Phi) is 4.08. The Morgan fingerprint density at radius 1 is 1.24 bits per heavy atom. The summed E-state index contributed by atoms with van der Waals surface area (Å²) in [6.45, 7) is 0. The van der Waals surface area contributed by atoms with Crippen molar-refractivity contribution in [3.8, 4) is 6.07 Å². The molecule has 6 nitrogen and oxygen atoms in total. The van der Waals surface area contributed by atoms with Crippen LogP contribution in [0.3, 0.4) is 0 Å². The maximum absolute atomic E-state index is 11.7. The van der Waals surface area contributed by atoms with Gasteiger partial charge in [-0.2, -0.15) is 5.26 Å². The summed E-state index contributed by atoms with van der Waals surface area (Å²) in [6.07, 6.45) is 0. The highest BCUT2D eigenvalue weighted by atomic mass is 35.7. The third-order valence-electron chi connectivity index (χ3n) is 1.75. The first-order chi connectivity index (χ1) is 7.74. The lowest BCUT2D eigenvalue weighted by molar-refractivity contribution is 0.589. The van der Waals surface area contributed by atoms with Crippen LogP contribution in [0.2, 0.25) is 0 Å². The molecule has 1 rings (SSSR count). The number of nitrogens with zero attached hydrogens (tertiary/aromatic N) is 2. The summed E-state index contributed by atoms with van der Waals surface area (Å²) >= 11 is 0. The highest BCUT2D eigenvalue weighted by Gasteiger charge is 2.20. The van der Waals surface area contributed by atoms with Crippen LogP contribution in [0.15, 0.2) is 23.2 Å². The summed E-state index contributed by atoms with van der Waals surface area (Å²) in [7, 11) is -2.81. The summed E-state index contributed by atoms with van der Waals surface area (Å²) in [5, 5.41) is 8.23. The van der Waals surface area contributed by atoms with Gasteiger partial charge < -0.3 is 0 Å². The first kappa shape index (κ1) is 13.9. The van der Waals surface area contributed by atoms with E-state index in [9.17, 15) is 16.8 Å². The van der Waals surface area contributed by atoms with Gasteiger partial charge in [0.2, 0.25) is 9.05 Å². The van der Waals surface area contributed by atoms with Crippen molar-refractivity contribution < 1.29 is 16.8 Å². The minimum Gasteiger partial charge on any atom is -0.226 e. The van der Waals surface area contributed by atoms with Gasteiger partial charge in [0.05, 0.1) is 11.5 Å². The molecule has 9 heteroatoms. The lowest BCUT2D eigenvalue weighted by atomic mass is 10.4. The number of sulfone groups is 1. The van der Waals surface area contributed by atoms with Gasteiger partial charge in [0.15, 0.2) is 14.9 Å². The highest BCUT2D eigenvalue weighted by molar-refractivity contribution is 8.14. The molecule has 0 N–H and O–H groups in total. The molecule has 0 bridgehead atoms. The minimum absolute atomic E-state index is 0.0557. The van der Waals surface area contributed by atoms with E-state index in [2.05, 4.69) is 4.98 Å². The zero-order chi connectivity index (χ0) is 13.1. The van der Waals surface area contributed by atoms with Crippen LogP contribution < -0.4 is 0 Å². The van der Waals surface area contributed by atoms with Crippen LogP contribution >= 0.6 is 10.7 Å². The Bertz CT molecular complexity index is 661. The van der Waals surface area contributed by atoms with Crippen LogP contribution in [-0.2, 0) is 18.9 Å². The van der Waals surface area contributed by atoms with Gasteiger partial charge in [-0.3, -0.25) is 0 Å². The molecule has 0 saturated carbocycles. The van der Waals surface area contributed by atoms with Crippen molar-refractivity contribution >= 4 is 29.6 Å². The first-order valence-electron chi connectivity index (χ1n) is 4.27. The molecule has 0 saturated heterocycles. The van der Waals surface area contributed by atoms with Crippen molar-refractivity contribution in [3.63, 3.8) is 0 Å². The van der Waals surface area contributed by atoms with Gasteiger partial charge in [0.1, 0.15) is 11.8 Å². The van der Waals surface area contributed by atoms with E-state index in [0.717, 1.165) is 0 Å². The molecule has 0 aromatic carbocycles. The smallest absolute Gasteiger partial charge is 0.226 e. The van der Waals surface area contributed by atoms with Crippen molar-refractivity contribution in [1.82, 2.24) is 4.98 Å². The fraction of sp³-hybridized carbons (Fsp3) is 0.250. The predicted octanol–water partition coefficient (Wildman–Crippen LogP) is 0.296. The van der Waals surface area contributed by atoms with E-state index >= 15 is 0 Å². The van der Waals surface area contributed by atoms with E-state index in [1.54, 1.807) is 6.07 Å². The fourth-order valence-electron chi connectivity index (χ4n) is 0.964. The monoisotopic (exact) mass is 294 g/mol. The van der Waals surface area contributed by atoms with Gasteiger partial charge in [0, 0.05) is 10.7 Å². The Balaban J connectivity index is 3.02. The summed E-state index contributed by atoms with van der Waals surface area (Å²) < 4.78 is 44.6. The highest BCUT2D eigenvalue weighted by Crippen LogP contribution is 2.10. The number of hydrogen-bond acceptors (Lipinski definition) is 6. The van der Waals surface area contributed by atoms with Crippen LogP contribution in [0.25, 0.3) is 0 Å². The number of hydrogen-bond donors (Lipinski definition) is 0. The lowest BCUT2D eigenvalue weighted by Gasteiger charge is -2.01. The van der Waals surface area contributed by atoms with E-state index in [1.165, 1.54) is 18.2 Å². The second-order valence-corrected chi connectivity index (χ2v) is 7.99. The molecule has 0 spiro atoms. The van der Waals surface area contributed by atoms with Crippen LogP contribution in [0.1, 0.15) is 5.69 Å². The van der Waals surface area contributed by atoms with E-state index in [1.807, 2.05) is 0 Å². The largest absolute Gasteiger partial charge is 0.233 e. The number of halogens is 1. The Morgan fingerprint density at radius 3 is 2.41 bits per heavy atom. The fourth-order valence-corrected chi connectivity index (χ4v) is 3.94. The zero-order valence-corrected chi connectivity index (χ0v) is 10.8. The standard InChI is InChI=1S/C8H7ClN2O4S2/c9-17(14,15)5-4-16(12,13)8-3-1-2-7(6-10)11-8/h1-3H,4-5H2. The van der Waals surface area contributed by atoms with Crippen molar-refractivity contribution in [1.29, 1.82) is 5.26 Å². The average Bonchev–Trinajstić information content (AvgIpc) is 2.26. The molecule has 0 unspecified atom stereocenters. The van der Waals surface area contributed by atoms with E-state index < -0.39 is 30.4 Å². The van der Waals surface area contributed by atoms with Gasteiger partial charge in [-0.25, -0.2) is 21.8 Å². The van der Waals surface area contributed by atoms with Gasteiger partial charge in [-0.1, -0.05) is 6.07 Å². The van der Waals surface area contributed by atoms with Gasteiger partial charge in [-0.05, 0) is 12.1 Å². The maximum Gasteiger partial charge on any atom is 0.233 e. The van der Waals surface area contributed by atoms with Crippen molar-refractivity contribution in [3.05, 3.63) is 23.9 Å². The van der Waals surface area contributed by atoms with Gasteiger partial charge in [-0.15, -0.1) is 0 Å². The van der Waals surface area contributed by atoms with Gasteiger partial charge in [0.25, 0.3) is 0 Å². The molecule has 1 aromatic heterocycles. The van der Waals surface area contributed by atoms with E-state index in [-0.39, 0.29) is 10.7 Å². The topological polar surface area (TPSA) is 105 Å². The van der Waals surface area contributed by atoms with Crippen LogP contribution in [-0.4, -0.2) is 33.3 Å². The Morgan fingerprint density at radius 2 is 1.88 bits per heavy atom. The molecule has 0 amide bonds. The van der Waals surface area contributed by atoms with Crippen molar-refractivity contribution in [2.45, 2.75) is 5.03 Å². The van der Waals surface area contributed by atoms with Crippen LogP contribution in [0.4, 0.5) is 0 Å². The second kappa shape index (κ2) is 5.00. The molecular formula is C8H7ClN2O4S2. The zero-order valence-electron chi connectivity index (χ0n) is 8.37. The maximum atomic E-state index is 11.7. The molecule has 92 valence electrons. The molecule has 1 heterocycles. The molecule has 1 aromatic rings. The molecule has 0 aliphatic carbocycles. The Hall–Kier alpha value is -1.17. The first-order valence-corrected chi connectivity index (χ1v) is 8.40. The number of pyridine rings is 1. The molecule has 0 radical (unpaired) electrons. The molecular weight excluding hydrogens is 288 g/mol. The average molecular weight is 295 g/mol. The molecule has 0 aliphatic heterocycles. The van der Waals surface area contributed by atoms with Crippen LogP contribution in [0, 0.1) is 11.3 Å². The van der Waals surface area contributed by atoms with Crippen molar-refractivity contribution in [2.24, 2.45) is 0 Å². The molecule has 0 fully saturated rings. The number of aromatic nitrogens is 1. The summed E-state index contributed by atoms with van der Waals surface area (Å²) in [4.78, 5) is 3.58. The molecule has 0 aliphatic rings. The second-order valence-electron chi connectivity index (χ2n) is 3.03. The number of nitriles is 1. The third-order valence-corrected chi connectivity index (χ3v) is 4.77. The molecule has 17 heavy (non-hydrogen) atoms. The lowest BCUT2D eigenvalue weighted by Crippen LogP contribution is -2.15. The Labute approximate surface area is 103 Å².